The van der Waals surface area contributed by atoms with E-state index >= 15 is 0 Å². The van der Waals surface area contributed by atoms with Crippen molar-refractivity contribution in [3.05, 3.63) is 195 Å². The van der Waals surface area contributed by atoms with Crippen molar-refractivity contribution in [2.24, 2.45) is 0 Å². The summed E-state index contributed by atoms with van der Waals surface area (Å²) in [6, 6.07) is 58.9. The van der Waals surface area contributed by atoms with Gasteiger partial charge < -0.3 is 4.42 Å². The first-order chi connectivity index (χ1) is 27.2. The average molecular weight is 705 g/mol. The molecule has 0 saturated carbocycles. The van der Waals surface area contributed by atoms with E-state index in [1.165, 1.54) is 0 Å². The molecule has 0 unspecified atom stereocenters. The van der Waals surface area contributed by atoms with Crippen LogP contribution in [-0.2, 0) is 0 Å². The minimum Gasteiger partial charge on any atom is -0.455 e. The van der Waals surface area contributed by atoms with E-state index in [2.05, 4.69) is 125 Å². The molecule has 0 N–H and O–H groups in total. The molecule has 0 aliphatic rings. The Hall–Kier alpha value is -7.50. The van der Waals surface area contributed by atoms with E-state index in [1.807, 2.05) is 73.2 Å². The Kier molecular flexibility index (Phi) is 8.08. The second-order valence-electron chi connectivity index (χ2n) is 13.5. The fourth-order valence-corrected chi connectivity index (χ4v) is 7.30. The van der Waals surface area contributed by atoms with Gasteiger partial charge in [-0.25, -0.2) is 9.97 Å². The SMILES string of the molecule is c1ccc(-c2nc(-c3cc(-c4ccc(-c5ccncc5)cc4)cc(-c4ccc(-c5cccnc5)cc4)c3)cc(-c3cccc4c3oc3ccccc34)n2)cc1. The maximum Gasteiger partial charge on any atom is 0.160 e. The van der Waals surface area contributed by atoms with Gasteiger partial charge in [0.1, 0.15) is 11.2 Å². The van der Waals surface area contributed by atoms with Gasteiger partial charge in [0.25, 0.3) is 0 Å². The molecule has 0 aliphatic heterocycles. The van der Waals surface area contributed by atoms with Gasteiger partial charge in [-0.2, -0.15) is 0 Å². The highest BCUT2D eigenvalue weighted by molar-refractivity contribution is 6.09. The lowest BCUT2D eigenvalue weighted by atomic mass is 9.93. The van der Waals surface area contributed by atoms with Crippen LogP contribution in [0.4, 0.5) is 0 Å². The summed E-state index contributed by atoms with van der Waals surface area (Å²) >= 11 is 0. The molecule has 0 amide bonds. The van der Waals surface area contributed by atoms with Gasteiger partial charge in [-0.1, -0.05) is 115 Å². The highest BCUT2D eigenvalue weighted by Gasteiger charge is 2.17. The van der Waals surface area contributed by atoms with Crippen LogP contribution < -0.4 is 0 Å². The molecule has 4 heterocycles. The van der Waals surface area contributed by atoms with Gasteiger partial charge in [0.15, 0.2) is 5.82 Å². The third-order valence-electron chi connectivity index (χ3n) is 10.1. The van der Waals surface area contributed by atoms with Crippen LogP contribution in [0, 0.1) is 0 Å². The third kappa shape index (κ3) is 6.24. The summed E-state index contributed by atoms with van der Waals surface area (Å²) in [6.07, 6.45) is 7.35. The first-order valence-corrected chi connectivity index (χ1v) is 18.3. The number of furan rings is 1. The molecule has 258 valence electrons. The predicted octanol–water partition coefficient (Wildman–Crippen LogP) is 12.8. The van der Waals surface area contributed by atoms with Crippen LogP contribution in [0.25, 0.3) is 100 Å². The van der Waals surface area contributed by atoms with E-state index < -0.39 is 0 Å². The van der Waals surface area contributed by atoms with E-state index in [0.29, 0.717) is 5.82 Å². The van der Waals surface area contributed by atoms with Crippen molar-refractivity contribution in [3.63, 3.8) is 0 Å². The number of aromatic nitrogens is 4. The first kappa shape index (κ1) is 32.2. The average Bonchev–Trinajstić information content (AvgIpc) is 3.66. The first-order valence-electron chi connectivity index (χ1n) is 18.3. The van der Waals surface area contributed by atoms with Gasteiger partial charge in [0.2, 0.25) is 0 Å². The summed E-state index contributed by atoms with van der Waals surface area (Å²) in [5, 5.41) is 2.14. The van der Waals surface area contributed by atoms with E-state index in [0.717, 1.165) is 94.5 Å². The van der Waals surface area contributed by atoms with Crippen molar-refractivity contribution >= 4 is 21.9 Å². The molecule has 55 heavy (non-hydrogen) atoms. The Labute approximate surface area is 318 Å². The molecule has 0 spiro atoms. The lowest BCUT2D eigenvalue weighted by molar-refractivity contribution is 0.670. The van der Waals surface area contributed by atoms with Crippen LogP contribution in [0.2, 0.25) is 0 Å². The van der Waals surface area contributed by atoms with E-state index in [4.69, 9.17) is 14.4 Å². The highest BCUT2D eigenvalue weighted by atomic mass is 16.3. The van der Waals surface area contributed by atoms with Crippen LogP contribution in [0.5, 0.6) is 0 Å². The normalized spacial score (nSPS) is 11.3. The predicted molar refractivity (Wildman–Crippen MR) is 223 cm³/mol. The molecule has 0 radical (unpaired) electrons. The Morgan fingerprint density at radius 2 is 0.927 bits per heavy atom. The Balaban J connectivity index is 1.16. The standard InChI is InChI=1S/C50H32N4O/c1-2-8-38(9-3-1)50-53-46(31-47(54-50)45-13-6-12-44-43-11-4-5-14-48(43)55-49(44)45)42-29-40(35-19-15-33(16-20-35)37-23-26-51-27-24-37)28-41(30-42)36-21-17-34(18-22-36)39-10-7-25-52-32-39/h1-32H. The molecule has 5 nitrogen and oxygen atoms in total. The quantitative estimate of drug-likeness (QED) is 0.165. The van der Waals surface area contributed by atoms with E-state index in [-0.39, 0.29) is 0 Å². The second kappa shape index (κ2) is 13.8. The minimum atomic E-state index is 0.649. The van der Waals surface area contributed by atoms with Gasteiger partial charge in [0, 0.05) is 52.3 Å². The number of rotatable bonds is 7. The molecule has 4 aromatic heterocycles. The van der Waals surface area contributed by atoms with Crippen LogP contribution >= 0.6 is 0 Å². The fourth-order valence-electron chi connectivity index (χ4n) is 7.30. The summed E-state index contributed by atoms with van der Waals surface area (Å²) in [4.78, 5) is 18.9. The van der Waals surface area contributed by atoms with Crippen molar-refractivity contribution in [2.75, 3.05) is 0 Å². The molecule has 0 aliphatic carbocycles. The van der Waals surface area contributed by atoms with Gasteiger partial charge in [-0.15, -0.1) is 0 Å². The smallest absolute Gasteiger partial charge is 0.160 e. The maximum absolute atomic E-state index is 6.50. The summed E-state index contributed by atoms with van der Waals surface area (Å²) in [6.45, 7) is 0. The lowest BCUT2D eigenvalue weighted by Crippen LogP contribution is -1.97. The zero-order valence-electron chi connectivity index (χ0n) is 29.7. The minimum absolute atomic E-state index is 0.649. The molecule has 6 aromatic carbocycles. The van der Waals surface area contributed by atoms with Crippen molar-refractivity contribution in [3.8, 4) is 78.4 Å². The van der Waals surface area contributed by atoms with Gasteiger partial charge in [-0.3, -0.25) is 9.97 Å². The number of pyridine rings is 2. The van der Waals surface area contributed by atoms with Crippen molar-refractivity contribution in [2.45, 2.75) is 0 Å². The fraction of sp³-hybridized carbons (Fsp3) is 0. The highest BCUT2D eigenvalue weighted by Crippen LogP contribution is 2.39. The zero-order chi connectivity index (χ0) is 36.6. The third-order valence-corrected chi connectivity index (χ3v) is 10.1. The largest absolute Gasteiger partial charge is 0.455 e. The maximum atomic E-state index is 6.50. The zero-order valence-corrected chi connectivity index (χ0v) is 29.7. The molecule has 0 atom stereocenters. The van der Waals surface area contributed by atoms with Crippen LogP contribution in [0.3, 0.4) is 0 Å². The second-order valence-corrected chi connectivity index (χ2v) is 13.5. The summed E-state index contributed by atoms with van der Waals surface area (Å²) < 4.78 is 6.50. The van der Waals surface area contributed by atoms with Crippen molar-refractivity contribution in [1.29, 1.82) is 0 Å². The van der Waals surface area contributed by atoms with E-state index in [1.54, 1.807) is 6.20 Å². The Morgan fingerprint density at radius 1 is 0.345 bits per heavy atom. The van der Waals surface area contributed by atoms with Crippen molar-refractivity contribution < 1.29 is 4.42 Å². The summed E-state index contributed by atoms with van der Waals surface area (Å²) in [5.41, 5.74) is 15.0. The van der Waals surface area contributed by atoms with Gasteiger partial charge >= 0.3 is 0 Å². The molecule has 10 aromatic rings. The monoisotopic (exact) mass is 704 g/mol. The van der Waals surface area contributed by atoms with E-state index in [9.17, 15) is 0 Å². The topological polar surface area (TPSA) is 64.7 Å². The summed E-state index contributed by atoms with van der Waals surface area (Å²) in [5.74, 6) is 0.649. The van der Waals surface area contributed by atoms with Crippen LogP contribution in [0.15, 0.2) is 199 Å². The Morgan fingerprint density at radius 3 is 1.64 bits per heavy atom. The molecule has 5 heteroatoms. The number of nitrogens with zero attached hydrogens (tertiary/aromatic N) is 4. The molecule has 10 rings (SSSR count). The lowest BCUT2D eigenvalue weighted by Gasteiger charge is -2.14. The number of benzene rings is 6. The van der Waals surface area contributed by atoms with Gasteiger partial charge in [-0.05, 0) is 99.1 Å². The molecule has 0 fully saturated rings. The molecule has 0 saturated heterocycles. The van der Waals surface area contributed by atoms with Gasteiger partial charge in [0.05, 0.1) is 11.4 Å². The number of hydrogen-bond acceptors (Lipinski definition) is 5. The molecular weight excluding hydrogens is 673 g/mol. The number of hydrogen-bond donors (Lipinski definition) is 0. The molecule has 0 bridgehead atoms. The van der Waals surface area contributed by atoms with Crippen molar-refractivity contribution in [1.82, 2.24) is 19.9 Å². The van der Waals surface area contributed by atoms with Crippen LogP contribution in [0.1, 0.15) is 0 Å². The molecular formula is C50H32N4O. The number of para-hydroxylation sites is 2. The summed E-state index contributed by atoms with van der Waals surface area (Å²) in [7, 11) is 0. The Bertz CT molecular complexity index is 2840. The van der Waals surface area contributed by atoms with Crippen LogP contribution in [-0.4, -0.2) is 19.9 Å². The number of fused-ring (bicyclic) bond motifs is 3.